The molecule has 9 heteroatoms. The number of nitrogens with two attached hydrogens (primary N) is 1. The van der Waals surface area contributed by atoms with Gasteiger partial charge in [0.15, 0.2) is 0 Å². The van der Waals surface area contributed by atoms with Gasteiger partial charge in [0.2, 0.25) is 0 Å². The molecule has 0 aliphatic carbocycles. The van der Waals surface area contributed by atoms with Gasteiger partial charge in [-0.05, 0) is 6.08 Å². The van der Waals surface area contributed by atoms with Crippen LogP contribution in [-0.4, -0.2) is 38.4 Å². The van der Waals surface area contributed by atoms with Crippen molar-refractivity contribution in [2.24, 2.45) is 17.9 Å². The maximum atomic E-state index is 13.1. The number of ether oxygens (including phenoxy) is 1. The van der Waals surface area contributed by atoms with E-state index in [4.69, 9.17) is 10.6 Å². The number of nitrogens with zero attached hydrogens (tertiary/aromatic N) is 4. The average Bonchev–Trinajstić information content (AvgIpc) is 3.53. The van der Waals surface area contributed by atoms with E-state index in [2.05, 4.69) is 27.5 Å². The van der Waals surface area contributed by atoms with Crippen molar-refractivity contribution < 1.29 is 30.7 Å². The number of aliphatic imine (C=N–C) groups is 1. The van der Waals surface area contributed by atoms with Gasteiger partial charge in [0.05, 0.1) is 0 Å². The Labute approximate surface area is 185 Å². The average molecular weight is 519 g/mol. The van der Waals surface area contributed by atoms with Crippen LogP contribution in [0.25, 0.3) is 11.3 Å². The van der Waals surface area contributed by atoms with E-state index in [1.54, 1.807) is 36.5 Å². The molecular formula is C21H24IN6O2-. The maximum absolute atomic E-state index is 13.1. The summed E-state index contributed by atoms with van der Waals surface area (Å²) >= 11 is 0.282. The molecule has 1 amide bonds. The summed E-state index contributed by atoms with van der Waals surface area (Å²) in [4.78, 5) is 17.4. The minimum atomic E-state index is -0.257. The van der Waals surface area contributed by atoms with Gasteiger partial charge in [-0.3, -0.25) is 0 Å². The van der Waals surface area contributed by atoms with Crippen LogP contribution >= 0.6 is 0 Å². The first-order chi connectivity index (χ1) is 14.5. The molecular weight excluding hydrogens is 495 g/mol. The molecule has 3 heterocycles. The van der Waals surface area contributed by atoms with Gasteiger partial charge >= 0.3 is 180 Å². The van der Waals surface area contributed by atoms with Crippen molar-refractivity contribution in [1.82, 2.24) is 14.8 Å². The van der Waals surface area contributed by atoms with Gasteiger partial charge in [0, 0.05) is 0 Å². The molecule has 2 aliphatic heterocycles. The molecule has 1 unspecified atom stereocenters. The quantitative estimate of drug-likeness (QED) is 0.234. The van der Waals surface area contributed by atoms with Crippen molar-refractivity contribution in [2.45, 2.75) is 17.3 Å². The number of hydrogen-bond acceptors (Lipinski definition) is 6. The van der Waals surface area contributed by atoms with Crippen molar-refractivity contribution in [2.75, 3.05) is 16.9 Å². The number of hydrogen-bond donors (Lipinski definition) is 2. The van der Waals surface area contributed by atoms with E-state index >= 15 is 0 Å². The fraction of sp³-hybridized carbons (Fsp3) is 0.286. The van der Waals surface area contributed by atoms with Crippen molar-refractivity contribution in [3.63, 3.8) is 0 Å². The summed E-state index contributed by atoms with van der Waals surface area (Å²) in [5.41, 5.74) is 4.17. The number of amides is 1. The minimum absolute atomic E-state index is 0.257. The molecule has 0 spiro atoms. The second kappa shape index (κ2) is 8.60. The van der Waals surface area contributed by atoms with Crippen LogP contribution in [-0.2, 0) is 11.8 Å². The number of carbonyl (C=O) groups is 1. The van der Waals surface area contributed by atoms with E-state index in [9.17, 15) is 4.79 Å². The van der Waals surface area contributed by atoms with Crippen molar-refractivity contribution in [3.05, 3.63) is 53.6 Å². The zero-order valence-corrected chi connectivity index (χ0v) is 19.3. The first kappa shape index (κ1) is 20.6. The number of rotatable bonds is 6. The number of anilines is 1. The number of hydrazine groups is 1. The molecule has 4 rings (SSSR count). The number of aryl methyl sites for hydroxylation is 1. The third kappa shape index (κ3) is 3.99. The van der Waals surface area contributed by atoms with Gasteiger partial charge in [-0.15, -0.1) is 0 Å². The van der Waals surface area contributed by atoms with Gasteiger partial charge in [0.1, 0.15) is 0 Å². The first-order valence-corrected chi connectivity index (χ1v) is 12.4. The van der Waals surface area contributed by atoms with Gasteiger partial charge in [-0.25, -0.2) is 0 Å². The van der Waals surface area contributed by atoms with Crippen molar-refractivity contribution >= 4 is 17.8 Å². The first-order valence-electron chi connectivity index (χ1n) is 9.60. The van der Waals surface area contributed by atoms with Gasteiger partial charge in [0.25, 0.3) is 0 Å². The fourth-order valence-electron chi connectivity index (χ4n) is 3.41. The zero-order chi connectivity index (χ0) is 21.3. The van der Waals surface area contributed by atoms with E-state index in [-0.39, 0.29) is 27.1 Å². The van der Waals surface area contributed by atoms with Crippen LogP contribution < -0.4 is 37.1 Å². The number of halogens is 1. The van der Waals surface area contributed by atoms with Gasteiger partial charge in [-0.2, -0.15) is 0 Å². The zero-order valence-electron chi connectivity index (χ0n) is 17.1. The van der Waals surface area contributed by atoms with Crippen LogP contribution in [0.15, 0.2) is 53.1 Å². The Morgan fingerprint density at radius 1 is 1.43 bits per heavy atom. The monoisotopic (exact) mass is 519 g/mol. The van der Waals surface area contributed by atoms with Crippen LogP contribution in [0.1, 0.15) is 22.8 Å². The second-order valence-corrected chi connectivity index (χ2v) is 10.2. The number of nitrogens with one attached hydrogen (secondary N) is 1. The van der Waals surface area contributed by atoms with Gasteiger partial charge < -0.3 is 0 Å². The van der Waals surface area contributed by atoms with E-state index in [1.807, 2.05) is 20.0 Å². The summed E-state index contributed by atoms with van der Waals surface area (Å²) in [6.07, 6.45) is 7.15. The number of methoxy groups -OCH3 is 1. The number of alkyl halides is 2. The predicted octanol–water partition coefficient (Wildman–Crippen LogP) is -0.427. The fourth-order valence-corrected chi connectivity index (χ4v) is 5.07. The van der Waals surface area contributed by atoms with Crippen LogP contribution in [0.2, 0.25) is 0 Å². The molecule has 1 fully saturated rings. The van der Waals surface area contributed by atoms with E-state index < -0.39 is 0 Å². The predicted molar refractivity (Wildman–Crippen MR) is 112 cm³/mol. The number of allylic oxidation sites excluding steroid dienone is 1. The molecule has 30 heavy (non-hydrogen) atoms. The third-order valence-electron chi connectivity index (χ3n) is 5.01. The van der Waals surface area contributed by atoms with Crippen LogP contribution in [0.5, 0.6) is 5.75 Å². The number of benzene rings is 1. The van der Waals surface area contributed by atoms with Crippen molar-refractivity contribution in [1.29, 1.82) is 0 Å². The Balaban J connectivity index is 1.71. The number of carbonyl (C=O) groups excluding carboxylic acids is 1. The molecule has 0 bridgehead atoms. The summed E-state index contributed by atoms with van der Waals surface area (Å²) in [5, 5.41) is 8.75. The Morgan fingerprint density at radius 2 is 2.23 bits per heavy atom. The Kier molecular flexibility index (Phi) is 5.91. The molecule has 2 aliphatic rings. The second-order valence-electron chi connectivity index (χ2n) is 6.90. The van der Waals surface area contributed by atoms with Crippen LogP contribution in [0.4, 0.5) is 5.69 Å². The molecule has 0 radical (unpaired) electrons. The van der Waals surface area contributed by atoms with Gasteiger partial charge in [-0.1, -0.05) is 0 Å². The molecule has 8 nitrogen and oxygen atoms in total. The number of aromatic nitrogens is 2. The molecule has 1 atom stereocenters. The molecule has 3 N–H and O–H groups in total. The topological polar surface area (TPSA) is 97.8 Å². The van der Waals surface area contributed by atoms with E-state index in [0.29, 0.717) is 27.4 Å². The molecule has 2 aromatic rings. The Bertz CT molecular complexity index is 1070. The molecule has 1 aromatic heterocycles. The SMILES string of the molecule is CC/C(C(=O)Nc1cnn(C)c1-c1cc(C2C[I-]2)ccc1OC)=C1/N=CC=CN1N. The molecule has 1 saturated heterocycles. The summed E-state index contributed by atoms with van der Waals surface area (Å²) < 4.78 is 9.40. The molecule has 0 saturated carbocycles. The summed E-state index contributed by atoms with van der Waals surface area (Å²) in [6, 6.07) is 6.30. The normalized spacial score (nSPS) is 19.3. The van der Waals surface area contributed by atoms with Crippen molar-refractivity contribution in [3.8, 4) is 17.0 Å². The summed E-state index contributed by atoms with van der Waals surface area (Å²) in [6.45, 7) is 1.90. The van der Waals surface area contributed by atoms with E-state index in [0.717, 1.165) is 17.0 Å². The standard InChI is InChI=1S/C21H24IN6O2/c1-4-14(20-24-8-5-9-28(20)23)21(29)26-17-12-25-27(2)19(17)15-10-13(16-11-22-16)6-7-18(15)30-3/h5-10,12,16H,4,11,23H2,1-3H3,(H,26,29)/q-1/b20-14+. The Morgan fingerprint density at radius 3 is 2.90 bits per heavy atom. The summed E-state index contributed by atoms with van der Waals surface area (Å²) in [7, 11) is 3.51. The molecule has 158 valence electrons. The van der Waals surface area contributed by atoms with E-state index in [1.165, 1.54) is 15.0 Å². The van der Waals surface area contributed by atoms with Crippen LogP contribution in [0, 0.1) is 0 Å². The van der Waals surface area contributed by atoms with Crippen LogP contribution in [0.3, 0.4) is 0 Å². The Hall–Kier alpha value is -2.66. The third-order valence-corrected chi connectivity index (χ3v) is 7.49. The molecule has 1 aromatic carbocycles. The summed E-state index contributed by atoms with van der Waals surface area (Å²) in [5.74, 6) is 6.89.